The van der Waals surface area contributed by atoms with Crippen molar-refractivity contribution in [1.29, 1.82) is 0 Å². The number of carboxylic acid groups (broad SMARTS) is 1. The number of amides is 1. The molecular weight excluding hydrogens is 302 g/mol. The molecule has 2 aromatic rings. The Bertz CT molecular complexity index is 592. The van der Waals surface area contributed by atoms with Crippen LogP contribution in [0.15, 0.2) is 45.7 Å². The van der Waals surface area contributed by atoms with E-state index < -0.39 is 5.97 Å². The second-order valence-corrected chi connectivity index (χ2v) is 4.32. The Hall–Kier alpha value is -2.08. The van der Waals surface area contributed by atoms with E-state index in [4.69, 9.17) is 9.52 Å². The molecule has 0 radical (unpaired) electrons. The highest BCUT2D eigenvalue weighted by Gasteiger charge is 2.11. The zero-order chi connectivity index (χ0) is 13.1. The summed E-state index contributed by atoms with van der Waals surface area (Å²) in [7, 11) is 0. The first-order valence-corrected chi connectivity index (χ1v) is 5.73. The van der Waals surface area contributed by atoms with Gasteiger partial charge in [-0.05, 0) is 40.2 Å². The summed E-state index contributed by atoms with van der Waals surface area (Å²) >= 11 is 3.24. The van der Waals surface area contributed by atoms with Crippen molar-refractivity contribution in [3.63, 3.8) is 0 Å². The molecule has 0 spiro atoms. The lowest BCUT2D eigenvalue weighted by Gasteiger charge is -2.07. The number of furan rings is 1. The molecule has 1 amide bonds. The van der Waals surface area contributed by atoms with Gasteiger partial charge in [-0.25, -0.2) is 4.79 Å². The Morgan fingerprint density at radius 1 is 1.22 bits per heavy atom. The lowest BCUT2D eigenvalue weighted by molar-refractivity contribution is 0.0696. The minimum atomic E-state index is -1.05. The standard InChI is InChI=1S/C12H8BrNO4/c13-9-2-1-7(12(16)17)5-10(9)14-11(15)8-3-4-18-6-8/h1-6H,(H,14,15)(H,16,17). The molecule has 2 N–H and O–H groups in total. The van der Waals surface area contributed by atoms with Crippen molar-refractivity contribution in [3.8, 4) is 0 Å². The molecule has 0 bridgehead atoms. The smallest absolute Gasteiger partial charge is 0.335 e. The highest BCUT2D eigenvalue weighted by Crippen LogP contribution is 2.24. The number of carbonyl (C=O) groups excluding carboxylic acids is 1. The Morgan fingerprint density at radius 3 is 2.61 bits per heavy atom. The van der Waals surface area contributed by atoms with Crippen LogP contribution >= 0.6 is 15.9 Å². The zero-order valence-corrected chi connectivity index (χ0v) is 10.6. The molecule has 92 valence electrons. The monoisotopic (exact) mass is 309 g/mol. The van der Waals surface area contributed by atoms with E-state index in [1.54, 1.807) is 6.07 Å². The van der Waals surface area contributed by atoms with Crippen molar-refractivity contribution in [2.24, 2.45) is 0 Å². The van der Waals surface area contributed by atoms with E-state index in [0.29, 0.717) is 15.7 Å². The molecule has 0 unspecified atom stereocenters. The van der Waals surface area contributed by atoms with Gasteiger partial charge in [0.15, 0.2) is 0 Å². The Morgan fingerprint density at radius 2 is 2.00 bits per heavy atom. The number of anilines is 1. The molecule has 0 saturated carbocycles. The maximum atomic E-state index is 11.8. The van der Waals surface area contributed by atoms with Crippen LogP contribution in [0.3, 0.4) is 0 Å². The molecule has 2 rings (SSSR count). The van der Waals surface area contributed by atoms with Gasteiger partial charge in [0.1, 0.15) is 6.26 Å². The molecule has 6 heteroatoms. The number of carboxylic acids is 1. The largest absolute Gasteiger partial charge is 0.478 e. The molecular formula is C12H8BrNO4. The lowest BCUT2D eigenvalue weighted by atomic mass is 10.2. The molecule has 0 aliphatic carbocycles. The molecule has 1 heterocycles. The average molecular weight is 310 g/mol. The summed E-state index contributed by atoms with van der Waals surface area (Å²) in [6.45, 7) is 0. The van der Waals surface area contributed by atoms with Crippen molar-refractivity contribution in [2.45, 2.75) is 0 Å². The van der Waals surface area contributed by atoms with Crippen LogP contribution in [0.4, 0.5) is 5.69 Å². The van der Waals surface area contributed by atoms with Gasteiger partial charge in [-0.15, -0.1) is 0 Å². The van der Waals surface area contributed by atoms with E-state index in [9.17, 15) is 9.59 Å². The molecule has 5 nitrogen and oxygen atoms in total. The Kier molecular flexibility index (Phi) is 3.47. The number of nitrogens with one attached hydrogen (secondary N) is 1. The van der Waals surface area contributed by atoms with Crippen LogP contribution in [0.25, 0.3) is 0 Å². The quantitative estimate of drug-likeness (QED) is 0.913. The number of rotatable bonds is 3. The van der Waals surface area contributed by atoms with Gasteiger partial charge in [0.2, 0.25) is 0 Å². The first-order chi connectivity index (χ1) is 8.58. The van der Waals surface area contributed by atoms with E-state index in [2.05, 4.69) is 21.2 Å². The van der Waals surface area contributed by atoms with Crippen molar-refractivity contribution in [2.75, 3.05) is 5.32 Å². The average Bonchev–Trinajstić information content (AvgIpc) is 2.85. The van der Waals surface area contributed by atoms with Crippen molar-refractivity contribution in [3.05, 3.63) is 52.4 Å². The fourth-order valence-corrected chi connectivity index (χ4v) is 1.69. The maximum absolute atomic E-state index is 11.8. The third-order valence-electron chi connectivity index (χ3n) is 2.24. The van der Waals surface area contributed by atoms with Crippen LogP contribution in [0, 0.1) is 0 Å². The first kappa shape index (κ1) is 12.4. The molecule has 0 saturated heterocycles. The summed E-state index contributed by atoms with van der Waals surface area (Å²) in [5.41, 5.74) is 0.851. The summed E-state index contributed by atoms with van der Waals surface area (Å²) < 4.78 is 5.40. The number of aromatic carboxylic acids is 1. The molecule has 1 aromatic carbocycles. The summed E-state index contributed by atoms with van der Waals surface area (Å²) in [5, 5.41) is 11.5. The van der Waals surface area contributed by atoms with Gasteiger partial charge in [0, 0.05) is 4.47 Å². The number of hydrogen-bond donors (Lipinski definition) is 2. The van der Waals surface area contributed by atoms with Crippen LogP contribution in [-0.4, -0.2) is 17.0 Å². The van der Waals surface area contributed by atoms with Crippen molar-refractivity contribution in [1.82, 2.24) is 0 Å². The van der Waals surface area contributed by atoms with Crippen LogP contribution in [0.2, 0.25) is 0 Å². The van der Waals surface area contributed by atoms with Gasteiger partial charge in [0.05, 0.1) is 23.1 Å². The number of carbonyl (C=O) groups is 2. The van der Waals surface area contributed by atoms with Gasteiger partial charge in [-0.3, -0.25) is 4.79 Å². The second kappa shape index (κ2) is 5.05. The molecule has 1 aromatic heterocycles. The van der Waals surface area contributed by atoms with Crippen molar-refractivity contribution >= 4 is 33.5 Å². The molecule has 18 heavy (non-hydrogen) atoms. The molecule has 0 aliphatic rings. The fourth-order valence-electron chi connectivity index (χ4n) is 1.34. The molecule has 0 aliphatic heterocycles. The van der Waals surface area contributed by atoms with Gasteiger partial charge < -0.3 is 14.8 Å². The topological polar surface area (TPSA) is 79.5 Å². The van der Waals surface area contributed by atoms with Crippen molar-refractivity contribution < 1.29 is 19.1 Å². The predicted molar refractivity (Wildman–Crippen MR) is 67.8 cm³/mol. The van der Waals surface area contributed by atoms with Gasteiger partial charge in [0.25, 0.3) is 5.91 Å². The minimum Gasteiger partial charge on any atom is -0.478 e. The van der Waals surface area contributed by atoms with E-state index >= 15 is 0 Å². The van der Waals surface area contributed by atoms with Crippen LogP contribution in [0.1, 0.15) is 20.7 Å². The van der Waals surface area contributed by atoms with E-state index in [0.717, 1.165) is 0 Å². The maximum Gasteiger partial charge on any atom is 0.335 e. The SMILES string of the molecule is O=C(O)c1ccc(Br)c(NC(=O)c2ccoc2)c1. The number of benzene rings is 1. The molecule has 0 atom stereocenters. The normalized spacial score (nSPS) is 10.1. The van der Waals surface area contributed by atoms with E-state index in [1.807, 2.05) is 0 Å². The zero-order valence-electron chi connectivity index (χ0n) is 9.01. The summed E-state index contributed by atoms with van der Waals surface area (Å²) in [6, 6.07) is 5.91. The van der Waals surface area contributed by atoms with Gasteiger partial charge in [-0.1, -0.05) is 0 Å². The second-order valence-electron chi connectivity index (χ2n) is 3.47. The first-order valence-electron chi connectivity index (χ1n) is 4.94. The number of halogens is 1. The van der Waals surface area contributed by atoms with Crippen LogP contribution in [-0.2, 0) is 0 Å². The Balaban J connectivity index is 2.26. The minimum absolute atomic E-state index is 0.0979. The van der Waals surface area contributed by atoms with E-state index in [1.165, 1.54) is 30.7 Å². The van der Waals surface area contributed by atoms with Gasteiger partial charge >= 0.3 is 5.97 Å². The predicted octanol–water partition coefficient (Wildman–Crippen LogP) is 2.99. The van der Waals surface area contributed by atoms with Crippen LogP contribution in [0.5, 0.6) is 0 Å². The summed E-state index contributed by atoms with van der Waals surface area (Å²) in [6.07, 6.45) is 2.70. The van der Waals surface area contributed by atoms with E-state index in [-0.39, 0.29) is 11.5 Å². The Labute approximate surface area is 111 Å². The third-order valence-corrected chi connectivity index (χ3v) is 2.94. The summed E-state index contributed by atoms with van der Waals surface area (Å²) in [4.78, 5) is 22.6. The highest BCUT2D eigenvalue weighted by molar-refractivity contribution is 9.10. The third kappa shape index (κ3) is 2.60. The van der Waals surface area contributed by atoms with Crippen LogP contribution < -0.4 is 5.32 Å². The number of hydrogen-bond acceptors (Lipinski definition) is 3. The van der Waals surface area contributed by atoms with Gasteiger partial charge in [-0.2, -0.15) is 0 Å². The highest BCUT2D eigenvalue weighted by atomic mass is 79.9. The fraction of sp³-hybridized carbons (Fsp3) is 0. The lowest BCUT2D eigenvalue weighted by Crippen LogP contribution is -2.12. The summed E-state index contributed by atoms with van der Waals surface area (Å²) in [5.74, 6) is -1.42. The molecule has 0 fully saturated rings.